The molecule has 55 valence electrons. The number of rotatable bonds is 0. The van der Waals surface area contributed by atoms with Crippen molar-refractivity contribution in [3.05, 3.63) is 41.5 Å². The van der Waals surface area contributed by atoms with Crippen LogP contribution in [-0.2, 0) is 5.41 Å². The molecule has 0 N–H and O–H groups in total. The normalized spacial score (nSPS) is 18.4. The van der Waals surface area contributed by atoms with Gasteiger partial charge in [-0.1, -0.05) is 44.2 Å². The van der Waals surface area contributed by atoms with Crippen molar-refractivity contribution in [3.63, 3.8) is 0 Å². The summed E-state index contributed by atoms with van der Waals surface area (Å²) in [7, 11) is 0. The average molecular weight is 143 g/mol. The first-order valence-electron chi connectivity index (χ1n) is 3.90. The van der Waals surface area contributed by atoms with Crippen LogP contribution in [0.1, 0.15) is 25.0 Å². The Balaban J connectivity index is 2.64. The van der Waals surface area contributed by atoms with Crippen molar-refractivity contribution in [3.8, 4) is 0 Å². The van der Waals surface area contributed by atoms with Gasteiger partial charge in [-0.3, -0.25) is 0 Å². The van der Waals surface area contributed by atoms with E-state index in [0.717, 1.165) is 0 Å². The Morgan fingerprint density at radius 1 is 1.18 bits per heavy atom. The molecular weight excluding hydrogens is 132 g/mol. The van der Waals surface area contributed by atoms with Crippen LogP contribution in [0.4, 0.5) is 0 Å². The molecule has 0 saturated carbocycles. The number of benzene rings is 1. The molecule has 0 amide bonds. The molecule has 1 radical (unpaired) electrons. The molecule has 0 spiro atoms. The van der Waals surface area contributed by atoms with Crippen molar-refractivity contribution in [2.75, 3.05) is 0 Å². The van der Waals surface area contributed by atoms with E-state index in [9.17, 15) is 0 Å². The number of allylic oxidation sites excluding steroid dienone is 1. The van der Waals surface area contributed by atoms with Gasteiger partial charge >= 0.3 is 0 Å². The first kappa shape index (κ1) is 6.66. The van der Waals surface area contributed by atoms with Gasteiger partial charge in [0.2, 0.25) is 0 Å². The van der Waals surface area contributed by atoms with E-state index in [0.29, 0.717) is 0 Å². The fraction of sp³-hybridized carbons (Fsp3) is 0.273. The van der Waals surface area contributed by atoms with Crippen LogP contribution in [-0.4, -0.2) is 0 Å². The van der Waals surface area contributed by atoms with Crippen molar-refractivity contribution >= 4 is 6.08 Å². The molecule has 0 aromatic heterocycles. The summed E-state index contributed by atoms with van der Waals surface area (Å²) in [6.45, 7) is 4.38. The molecule has 0 bridgehead atoms. The second-order valence-corrected chi connectivity index (χ2v) is 3.50. The van der Waals surface area contributed by atoms with Crippen molar-refractivity contribution in [2.24, 2.45) is 0 Å². The Labute approximate surface area is 67.6 Å². The van der Waals surface area contributed by atoms with Gasteiger partial charge in [-0.25, -0.2) is 0 Å². The average Bonchev–Trinajstić information content (AvgIpc) is 2.29. The van der Waals surface area contributed by atoms with Crippen molar-refractivity contribution in [2.45, 2.75) is 19.3 Å². The van der Waals surface area contributed by atoms with E-state index < -0.39 is 0 Å². The smallest absolute Gasteiger partial charge is 0.0155 e. The van der Waals surface area contributed by atoms with E-state index in [-0.39, 0.29) is 5.41 Å². The third-order valence-corrected chi connectivity index (χ3v) is 2.22. The highest BCUT2D eigenvalue weighted by atomic mass is 14.3. The monoisotopic (exact) mass is 143 g/mol. The molecule has 1 aliphatic carbocycles. The van der Waals surface area contributed by atoms with Crippen molar-refractivity contribution in [1.82, 2.24) is 0 Å². The second-order valence-electron chi connectivity index (χ2n) is 3.50. The summed E-state index contributed by atoms with van der Waals surface area (Å²) in [4.78, 5) is 0. The summed E-state index contributed by atoms with van der Waals surface area (Å²) in [5.41, 5.74) is 2.83. The van der Waals surface area contributed by atoms with Crippen LogP contribution in [0.3, 0.4) is 0 Å². The molecule has 1 aromatic carbocycles. The summed E-state index contributed by atoms with van der Waals surface area (Å²) < 4.78 is 0. The zero-order chi connectivity index (χ0) is 7.90. The molecule has 11 heavy (non-hydrogen) atoms. The summed E-state index contributed by atoms with van der Waals surface area (Å²) in [6.07, 6.45) is 5.42. The molecule has 0 aliphatic heterocycles. The van der Waals surface area contributed by atoms with Gasteiger partial charge < -0.3 is 0 Å². The third-order valence-electron chi connectivity index (χ3n) is 2.22. The van der Waals surface area contributed by atoms with Gasteiger partial charge in [0, 0.05) is 5.41 Å². The van der Waals surface area contributed by atoms with Crippen LogP contribution in [0.2, 0.25) is 0 Å². The lowest BCUT2D eigenvalue weighted by molar-refractivity contribution is 0.663. The van der Waals surface area contributed by atoms with E-state index in [1.54, 1.807) is 0 Å². The van der Waals surface area contributed by atoms with Crippen molar-refractivity contribution in [1.29, 1.82) is 0 Å². The van der Waals surface area contributed by atoms with Crippen molar-refractivity contribution < 1.29 is 0 Å². The Morgan fingerprint density at radius 2 is 1.91 bits per heavy atom. The van der Waals surface area contributed by atoms with Crippen LogP contribution < -0.4 is 0 Å². The van der Waals surface area contributed by atoms with E-state index in [4.69, 9.17) is 0 Å². The fourth-order valence-electron chi connectivity index (χ4n) is 1.53. The van der Waals surface area contributed by atoms with Crippen LogP contribution in [0.5, 0.6) is 0 Å². The molecule has 2 rings (SSSR count). The highest BCUT2D eigenvalue weighted by Gasteiger charge is 2.24. The lowest BCUT2D eigenvalue weighted by Crippen LogP contribution is -2.10. The minimum absolute atomic E-state index is 0.122. The predicted octanol–water partition coefficient (Wildman–Crippen LogP) is 2.79. The van der Waals surface area contributed by atoms with Gasteiger partial charge in [0.1, 0.15) is 0 Å². The summed E-state index contributed by atoms with van der Waals surface area (Å²) >= 11 is 0. The van der Waals surface area contributed by atoms with E-state index in [1.807, 2.05) is 0 Å². The highest BCUT2D eigenvalue weighted by molar-refractivity contribution is 5.61. The Kier molecular flexibility index (Phi) is 1.19. The minimum atomic E-state index is 0.122. The van der Waals surface area contributed by atoms with Gasteiger partial charge in [-0.15, -0.1) is 0 Å². The first-order valence-corrected chi connectivity index (χ1v) is 3.90. The zero-order valence-corrected chi connectivity index (χ0v) is 6.89. The SMILES string of the molecule is CC1(C)[C]=Cc2ccccc21. The second kappa shape index (κ2) is 1.97. The maximum Gasteiger partial charge on any atom is 0.0155 e. The molecule has 0 nitrogen and oxygen atoms in total. The first-order chi connectivity index (χ1) is 5.20. The standard InChI is InChI=1S/C11H11/c1-11(2)8-7-9-5-3-4-6-10(9)11/h3-7H,1-2H3. The molecule has 0 saturated heterocycles. The molecule has 0 atom stereocenters. The van der Waals surface area contributed by atoms with Gasteiger partial charge in [0.15, 0.2) is 0 Å². The quantitative estimate of drug-likeness (QED) is 0.524. The van der Waals surface area contributed by atoms with E-state index >= 15 is 0 Å². The minimum Gasteiger partial charge on any atom is -0.0619 e. The van der Waals surface area contributed by atoms with Crippen LogP contribution in [0.15, 0.2) is 24.3 Å². The van der Waals surface area contributed by atoms with Crippen LogP contribution in [0.25, 0.3) is 6.08 Å². The topological polar surface area (TPSA) is 0 Å². The Bertz CT molecular complexity index is 306. The molecule has 1 aromatic rings. The molecule has 0 unspecified atom stereocenters. The summed E-state index contributed by atoms with van der Waals surface area (Å²) in [5, 5.41) is 0. The third kappa shape index (κ3) is 0.900. The lowest BCUT2D eigenvalue weighted by atomic mass is 9.87. The maximum absolute atomic E-state index is 3.34. The lowest BCUT2D eigenvalue weighted by Gasteiger charge is -2.16. The molecule has 1 aliphatic rings. The Morgan fingerprint density at radius 3 is 2.64 bits per heavy atom. The highest BCUT2D eigenvalue weighted by Crippen LogP contribution is 2.33. The molecule has 0 fully saturated rings. The van der Waals surface area contributed by atoms with Crippen LogP contribution >= 0.6 is 0 Å². The van der Waals surface area contributed by atoms with Gasteiger partial charge in [-0.2, -0.15) is 0 Å². The zero-order valence-electron chi connectivity index (χ0n) is 6.89. The van der Waals surface area contributed by atoms with E-state index in [2.05, 4.69) is 50.3 Å². The number of hydrogen-bond acceptors (Lipinski definition) is 0. The molecular formula is C11H11. The Hall–Kier alpha value is -1.04. The van der Waals surface area contributed by atoms with Gasteiger partial charge in [0.05, 0.1) is 0 Å². The number of hydrogen-bond donors (Lipinski definition) is 0. The maximum atomic E-state index is 3.34. The van der Waals surface area contributed by atoms with Gasteiger partial charge in [0.25, 0.3) is 0 Å². The fourth-order valence-corrected chi connectivity index (χ4v) is 1.53. The predicted molar refractivity (Wildman–Crippen MR) is 47.2 cm³/mol. The summed E-state index contributed by atoms with van der Waals surface area (Å²) in [5.74, 6) is 0. The van der Waals surface area contributed by atoms with Gasteiger partial charge in [-0.05, 0) is 17.2 Å². The molecule has 0 heterocycles. The van der Waals surface area contributed by atoms with Crippen LogP contribution in [0, 0.1) is 6.08 Å². The van der Waals surface area contributed by atoms with E-state index in [1.165, 1.54) is 11.1 Å². The number of fused-ring (bicyclic) bond motifs is 1. The summed E-state index contributed by atoms with van der Waals surface area (Å²) in [6, 6.07) is 8.46. The molecule has 0 heteroatoms. The largest absolute Gasteiger partial charge is 0.0619 e.